The van der Waals surface area contributed by atoms with Crippen LogP contribution in [-0.2, 0) is 4.74 Å². The summed E-state index contributed by atoms with van der Waals surface area (Å²) in [5.41, 5.74) is 1.89. The molecule has 0 N–H and O–H groups in total. The summed E-state index contributed by atoms with van der Waals surface area (Å²) in [6, 6.07) is 14.3. The molecule has 4 rings (SSSR count). The number of rotatable bonds is 6. The van der Waals surface area contributed by atoms with Crippen molar-refractivity contribution in [3.8, 4) is 6.07 Å². The topological polar surface area (TPSA) is 69.5 Å². The van der Waals surface area contributed by atoms with Crippen molar-refractivity contribution in [1.82, 2.24) is 9.88 Å². The molecule has 154 valence electrons. The Morgan fingerprint density at radius 1 is 1.23 bits per heavy atom. The van der Waals surface area contributed by atoms with Crippen LogP contribution < -0.4 is 4.90 Å². The SMILES string of the molecule is N#Cc1ccc(C(=O)N(CCCN2CCOCC2)c2nc3ccc(Cl)cc3s2)cc1. The van der Waals surface area contributed by atoms with Gasteiger partial charge in [-0.1, -0.05) is 22.9 Å². The first-order valence-corrected chi connectivity index (χ1v) is 11.0. The van der Waals surface area contributed by atoms with Crippen LogP contribution in [0.4, 0.5) is 5.13 Å². The van der Waals surface area contributed by atoms with Crippen LogP contribution >= 0.6 is 22.9 Å². The lowest BCUT2D eigenvalue weighted by Gasteiger charge is -2.27. The molecular weight excluding hydrogens is 420 g/mol. The summed E-state index contributed by atoms with van der Waals surface area (Å²) < 4.78 is 6.35. The molecule has 2 aromatic carbocycles. The highest BCUT2D eigenvalue weighted by molar-refractivity contribution is 7.22. The van der Waals surface area contributed by atoms with Gasteiger partial charge >= 0.3 is 0 Å². The van der Waals surface area contributed by atoms with Gasteiger partial charge in [-0.25, -0.2) is 4.98 Å². The summed E-state index contributed by atoms with van der Waals surface area (Å²) in [5, 5.41) is 10.3. The minimum absolute atomic E-state index is 0.119. The van der Waals surface area contributed by atoms with Crippen LogP contribution in [0.5, 0.6) is 0 Å². The van der Waals surface area contributed by atoms with E-state index in [0.29, 0.717) is 27.8 Å². The normalized spacial score (nSPS) is 14.5. The van der Waals surface area contributed by atoms with Crippen molar-refractivity contribution in [3.63, 3.8) is 0 Å². The molecule has 0 spiro atoms. The minimum Gasteiger partial charge on any atom is -0.379 e. The van der Waals surface area contributed by atoms with E-state index in [1.807, 2.05) is 12.1 Å². The molecular formula is C22H21ClN4O2S. The zero-order valence-corrected chi connectivity index (χ0v) is 18.0. The summed E-state index contributed by atoms with van der Waals surface area (Å²) in [7, 11) is 0. The van der Waals surface area contributed by atoms with Gasteiger partial charge in [0, 0.05) is 36.8 Å². The van der Waals surface area contributed by atoms with Crippen LogP contribution in [0.1, 0.15) is 22.3 Å². The number of amides is 1. The van der Waals surface area contributed by atoms with Crippen LogP contribution in [0.25, 0.3) is 10.2 Å². The number of morpholine rings is 1. The molecule has 1 aliphatic rings. The lowest BCUT2D eigenvalue weighted by atomic mass is 10.1. The second-order valence-electron chi connectivity index (χ2n) is 7.06. The molecule has 1 aromatic heterocycles. The van der Waals surface area contributed by atoms with E-state index in [1.165, 1.54) is 11.3 Å². The summed E-state index contributed by atoms with van der Waals surface area (Å²) >= 11 is 7.58. The number of halogens is 1. The van der Waals surface area contributed by atoms with Crippen LogP contribution in [-0.4, -0.2) is 55.2 Å². The number of fused-ring (bicyclic) bond motifs is 1. The van der Waals surface area contributed by atoms with E-state index < -0.39 is 0 Å². The largest absolute Gasteiger partial charge is 0.379 e. The Bertz CT molecular complexity index is 1070. The Labute approximate surface area is 184 Å². The number of anilines is 1. The highest BCUT2D eigenvalue weighted by atomic mass is 35.5. The molecule has 0 unspecified atom stereocenters. The number of hydrogen-bond donors (Lipinski definition) is 0. The smallest absolute Gasteiger partial charge is 0.260 e. The molecule has 1 aliphatic heterocycles. The first-order chi connectivity index (χ1) is 14.6. The van der Waals surface area contributed by atoms with Gasteiger partial charge in [0.05, 0.1) is 35.1 Å². The van der Waals surface area contributed by atoms with Crippen molar-refractivity contribution in [3.05, 3.63) is 58.6 Å². The molecule has 0 saturated carbocycles. The molecule has 2 heterocycles. The molecule has 3 aromatic rings. The van der Waals surface area contributed by atoms with Crippen molar-refractivity contribution in [2.24, 2.45) is 0 Å². The minimum atomic E-state index is -0.119. The number of thiazole rings is 1. The monoisotopic (exact) mass is 440 g/mol. The van der Waals surface area contributed by atoms with Gasteiger partial charge in [0.2, 0.25) is 0 Å². The zero-order chi connectivity index (χ0) is 20.9. The van der Waals surface area contributed by atoms with E-state index in [2.05, 4.69) is 16.0 Å². The zero-order valence-electron chi connectivity index (χ0n) is 16.4. The number of aromatic nitrogens is 1. The molecule has 0 aliphatic carbocycles. The van der Waals surface area contributed by atoms with Gasteiger partial charge in [0.15, 0.2) is 5.13 Å². The lowest BCUT2D eigenvalue weighted by Crippen LogP contribution is -2.39. The summed E-state index contributed by atoms with van der Waals surface area (Å²) in [6.07, 6.45) is 0.832. The number of ether oxygens (including phenoxy) is 1. The Morgan fingerprint density at radius 2 is 2.00 bits per heavy atom. The molecule has 8 heteroatoms. The fourth-order valence-electron chi connectivity index (χ4n) is 3.41. The van der Waals surface area contributed by atoms with E-state index in [-0.39, 0.29) is 5.91 Å². The second kappa shape index (κ2) is 9.54. The average molecular weight is 441 g/mol. The molecule has 0 radical (unpaired) electrons. The second-order valence-corrected chi connectivity index (χ2v) is 8.51. The van der Waals surface area contributed by atoms with Crippen molar-refractivity contribution in [1.29, 1.82) is 5.26 Å². The predicted molar refractivity (Wildman–Crippen MR) is 119 cm³/mol. The molecule has 0 bridgehead atoms. The number of nitriles is 1. The third kappa shape index (κ3) is 4.79. The molecule has 1 fully saturated rings. The fourth-order valence-corrected chi connectivity index (χ4v) is 4.67. The molecule has 1 amide bonds. The standard InChI is InChI=1S/C22H21ClN4O2S/c23-18-6-7-19-20(14-18)30-22(25-19)27(9-1-8-26-10-12-29-13-11-26)21(28)17-4-2-16(15-24)3-5-17/h2-7,14H,1,8-13H2. The van der Waals surface area contributed by atoms with Gasteiger partial charge < -0.3 is 4.74 Å². The number of carbonyl (C=O) groups is 1. The molecule has 30 heavy (non-hydrogen) atoms. The maximum absolute atomic E-state index is 13.3. The first kappa shape index (κ1) is 20.8. The highest BCUT2D eigenvalue weighted by Gasteiger charge is 2.22. The van der Waals surface area contributed by atoms with Gasteiger partial charge in [0.1, 0.15) is 0 Å². The Kier molecular flexibility index (Phi) is 6.60. The van der Waals surface area contributed by atoms with E-state index >= 15 is 0 Å². The van der Waals surface area contributed by atoms with Crippen molar-refractivity contribution >= 4 is 44.2 Å². The Balaban J connectivity index is 1.57. The van der Waals surface area contributed by atoms with E-state index in [1.54, 1.807) is 35.2 Å². The molecule has 1 saturated heterocycles. The van der Waals surface area contributed by atoms with Crippen LogP contribution in [0.2, 0.25) is 5.02 Å². The fraction of sp³-hybridized carbons (Fsp3) is 0.318. The van der Waals surface area contributed by atoms with Crippen molar-refractivity contribution in [2.75, 3.05) is 44.3 Å². The van der Waals surface area contributed by atoms with Gasteiger partial charge in [0.25, 0.3) is 5.91 Å². The van der Waals surface area contributed by atoms with Gasteiger partial charge in [-0.15, -0.1) is 0 Å². The summed E-state index contributed by atoms with van der Waals surface area (Å²) in [4.78, 5) is 22.1. The number of carbonyl (C=O) groups excluding carboxylic acids is 1. The van der Waals surface area contributed by atoms with E-state index in [0.717, 1.165) is 49.5 Å². The predicted octanol–water partition coefficient (Wildman–Crippen LogP) is 4.19. The summed E-state index contributed by atoms with van der Waals surface area (Å²) in [5.74, 6) is -0.119. The highest BCUT2D eigenvalue weighted by Crippen LogP contribution is 2.31. The molecule has 6 nitrogen and oxygen atoms in total. The quantitative estimate of drug-likeness (QED) is 0.574. The van der Waals surface area contributed by atoms with Crippen LogP contribution in [0.15, 0.2) is 42.5 Å². The average Bonchev–Trinajstić information content (AvgIpc) is 3.20. The van der Waals surface area contributed by atoms with Crippen molar-refractivity contribution in [2.45, 2.75) is 6.42 Å². The number of hydrogen-bond acceptors (Lipinski definition) is 6. The van der Waals surface area contributed by atoms with Crippen LogP contribution in [0.3, 0.4) is 0 Å². The van der Waals surface area contributed by atoms with Crippen molar-refractivity contribution < 1.29 is 9.53 Å². The Hall–Kier alpha value is -2.50. The third-order valence-corrected chi connectivity index (χ3v) is 6.31. The molecule has 0 atom stereocenters. The van der Waals surface area contributed by atoms with E-state index in [9.17, 15) is 4.79 Å². The number of nitrogens with zero attached hydrogens (tertiary/aromatic N) is 4. The van der Waals surface area contributed by atoms with Crippen LogP contribution in [0, 0.1) is 11.3 Å². The van der Waals surface area contributed by atoms with E-state index in [4.69, 9.17) is 21.6 Å². The maximum atomic E-state index is 13.3. The van der Waals surface area contributed by atoms with Gasteiger partial charge in [-0.2, -0.15) is 5.26 Å². The Morgan fingerprint density at radius 3 is 2.73 bits per heavy atom. The maximum Gasteiger partial charge on any atom is 0.260 e. The third-order valence-electron chi connectivity index (χ3n) is 5.04. The first-order valence-electron chi connectivity index (χ1n) is 9.82. The lowest BCUT2D eigenvalue weighted by molar-refractivity contribution is 0.0376. The summed E-state index contributed by atoms with van der Waals surface area (Å²) in [6.45, 7) is 4.81. The van der Waals surface area contributed by atoms with Gasteiger partial charge in [-0.3, -0.25) is 14.6 Å². The number of benzene rings is 2. The van der Waals surface area contributed by atoms with Gasteiger partial charge in [-0.05, 0) is 48.9 Å².